The normalized spacial score (nSPS) is 13.1. The molecule has 3 heteroatoms. The predicted octanol–water partition coefficient (Wildman–Crippen LogP) is 2.99. The number of nitrogens with two attached hydrogens (primary N) is 1. The van der Waals surface area contributed by atoms with E-state index >= 15 is 0 Å². The summed E-state index contributed by atoms with van der Waals surface area (Å²) in [6, 6.07) is 0. The molecule has 1 aromatic rings. The van der Waals surface area contributed by atoms with E-state index in [1.807, 2.05) is 12.5 Å². The maximum atomic E-state index is 6.37. The second kappa shape index (κ2) is 5.21. The second-order valence-electron chi connectivity index (χ2n) is 6.32. The van der Waals surface area contributed by atoms with E-state index in [0.29, 0.717) is 0 Å². The van der Waals surface area contributed by atoms with Gasteiger partial charge in [0, 0.05) is 24.0 Å². The van der Waals surface area contributed by atoms with Gasteiger partial charge in [0.1, 0.15) is 0 Å². The number of imidazole rings is 1. The fourth-order valence-corrected chi connectivity index (χ4v) is 1.99. The highest BCUT2D eigenvalue weighted by molar-refractivity contribution is 5.03. The van der Waals surface area contributed by atoms with E-state index in [0.717, 1.165) is 25.8 Å². The van der Waals surface area contributed by atoms with Crippen LogP contribution in [0.5, 0.6) is 0 Å². The Morgan fingerprint density at radius 1 is 1.24 bits per heavy atom. The number of nitrogens with zero attached hydrogens (tertiary/aromatic N) is 2. The molecular weight excluding hydrogens is 210 g/mol. The van der Waals surface area contributed by atoms with Crippen LogP contribution in [0.4, 0.5) is 0 Å². The van der Waals surface area contributed by atoms with Crippen molar-refractivity contribution in [2.24, 2.45) is 11.1 Å². The highest BCUT2D eigenvalue weighted by Gasteiger charge is 2.23. The van der Waals surface area contributed by atoms with Crippen molar-refractivity contribution in [3.63, 3.8) is 0 Å². The Balaban J connectivity index is 2.82. The predicted molar refractivity (Wildman–Crippen MR) is 72.9 cm³/mol. The van der Waals surface area contributed by atoms with Crippen LogP contribution in [0.15, 0.2) is 12.5 Å². The minimum atomic E-state index is -0.104. The Kier molecular flexibility index (Phi) is 4.36. The molecule has 1 heterocycles. The molecule has 3 nitrogen and oxygen atoms in total. The van der Waals surface area contributed by atoms with E-state index in [1.54, 1.807) is 0 Å². The average molecular weight is 237 g/mol. The summed E-state index contributed by atoms with van der Waals surface area (Å²) in [4.78, 5) is 4.27. The van der Waals surface area contributed by atoms with Gasteiger partial charge in [-0.2, -0.15) is 0 Å². The first-order valence-electron chi connectivity index (χ1n) is 6.57. The lowest BCUT2D eigenvalue weighted by atomic mass is 9.90. The topological polar surface area (TPSA) is 43.8 Å². The molecule has 0 aliphatic carbocycles. The summed E-state index contributed by atoms with van der Waals surface area (Å²) in [6.07, 6.45) is 6.91. The van der Waals surface area contributed by atoms with E-state index in [2.05, 4.69) is 44.2 Å². The molecule has 0 atom stereocenters. The number of hydrogen-bond acceptors (Lipinski definition) is 2. The van der Waals surface area contributed by atoms with Crippen LogP contribution in [-0.4, -0.2) is 15.1 Å². The van der Waals surface area contributed by atoms with Crippen LogP contribution in [0.2, 0.25) is 0 Å². The molecule has 1 aromatic heterocycles. The lowest BCUT2D eigenvalue weighted by Gasteiger charge is -2.29. The van der Waals surface area contributed by atoms with Gasteiger partial charge in [0.2, 0.25) is 0 Å². The molecule has 0 unspecified atom stereocenters. The number of aromatic nitrogens is 2. The van der Waals surface area contributed by atoms with E-state index in [9.17, 15) is 0 Å². The van der Waals surface area contributed by atoms with Gasteiger partial charge in [-0.1, -0.05) is 34.6 Å². The standard InChI is InChI=1S/C14H27N3/c1-6-14(15,7-2)10-17-11-16-9-12(17)8-13(3,4)5/h9,11H,6-8,10,15H2,1-5H3. The third-order valence-corrected chi connectivity index (χ3v) is 3.40. The lowest BCUT2D eigenvalue weighted by Crippen LogP contribution is -2.43. The quantitative estimate of drug-likeness (QED) is 0.855. The molecule has 0 saturated carbocycles. The third kappa shape index (κ3) is 4.15. The second-order valence-corrected chi connectivity index (χ2v) is 6.32. The Morgan fingerprint density at radius 2 is 1.82 bits per heavy atom. The van der Waals surface area contributed by atoms with E-state index in [-0.39, 0.29) is 11.0 Å². The molecule has 0 aliphatic heterocycles. The first-order chi connectivity index (χ1) is 7.79. The van der Waals surface area contributed by atoms with E-state index in [1.165, 1.54) is 5.69 Å². The maximum absolute atomic E-state index is 6.37. The van der Waals surface area contributed by atoms with Gasteiger partial charge in [-0.05, 0) is 24.7 Å². The number of hydrogen-bond donors (Lipinski definition) is 1. The summed E-state index contributed by atoms with van der Waals surface area (Å²) in [5.74, 6) is 0. The molecule has 0 amide bonds. The average Bonchev–Trinajstić information content (AvgIpc) is 2.63. The molecule has 0 radical (unpaired) electrons. The summed E-state index contributed by atoms with van der Waals surface area (Å²) in [6.45, 7) is 11.9. The first-order valence-corrected chi connectivity index (χ1v) is 6.57. The van der Waals surface area contributed by atoms with Gasteiger partial charge in [-0.3, -0.25) is 0 Å². The molecule has 2 N–H and O–H groups in total. The Bertz CT molecular complexity index is 343. The lowest BCUT2D eigenvalue weighted by molar-refractivity contribution is 0.325. The zero-order valence-corrected chi connectivity index (χ0v) is 12.0. The molecule has 0 spiro atoms. The zero-order chi connectivity index (χ0) is 13.1. The van der Waals surface area contributed by atoms with Crippen LogP contribution in [0.3, 0.4) is 0 Å². The van der Waals surface area contributed by atoms with E-state index in [4.69, 9.17) is 5.73 Å². The summed E-state index contributed by atoms with van der Waals surface area (Å²) in [5.41, 5.74) is 7.84. The highest BCUT2D eigenvalue weighted by Crippen LogP contribution is 2.22. The van der Waals surface area contributed by atoms with Crippen LogP contribution >= 0.6 is 0 Å². The van der Waals surface area contributed by atoms with Gasteiger partial charge in [-0.15, -0.1) is 0 Å². The van der Waals surface area contributed by atoms with Gasteiger partial charge >= 0.3 is 0 Å². The van der Waals surface area contributed by atoms with Gasteiger partial charge in [0.05, 0.1) is 6.33 Å². The van der Waals surface area contributed by atoms with Gasteiger partial charge < -0.3 is 10.3 Å². The van der Waals surface area contributed by atoms with Crippen LogP contribution in [0.1, 0.15) is 53.2 Å². The molecule has 17 heavy (non-hydrogen) atoms. The molecule has 0 aromatic carbocycles. The third-order valence-electron chi connectivity index (χ3n) is 3.40. The first kappa shape index (κ1) is 14.2. The fraction of sp³-hybridized carbons (Fsp3) is 0.786. The molecule has 1 rings (SSSR count). The monoisotopic (exact) mass is 237 g/mol. The van der Waals surface area contributed by atoms with Crippen LogP contribution < -0.4 is 5.73 Å². The Labute approximate surface area is 105 Å². The van der Waals surface area contributed by atoms with Crippen molar-refractivity contribution < 1.29 is 0 Å². The Hall–Kier alpha value is -0.830. The number of rotatable bonds is 5. The minimum absolute atomic E-state index is 0.104. The SMILES string of the molecule is CCC(N)(CC)Cn1cncc1CC(C)(C)C. The summed E-state index contributed by atoms with van der Waals surface area (Å²) < 4.78 is 2.22. The fourth-order valence-electron chi connectivity index (χ4n) is 1.99. The molecule has 0 saturated heterocycles. The summed E-state index contributed by atoms with van der Waals surface area (Å²) in [7, 11) is 0. The molecule has 98 valence electrons. The Morgan fingerprint density at radius 3 is 2.29 bits per heavy atom. The maximum Gasteiger partial charge on any atom is 0.0948 e. The summed E-state index contributed by atoms with van der Waals surface area (Å²) >= 11 is 0. The van der Waals surface area contributed by atoms with Crippen molar-refractivity contribution in [1.29, 1.82) is 0 Å². The summed E-state index contributed by atoms with van der Waals surface area (Å²) in [5, 5.41) is 0. The molecular formula is C14H27N3. The largest absolute Gasteiger partial charge is 0.333 e. The van der Waals surface area contributed by atoms with E-state index < -0.39 is 0 Å². The van der Waals surface area contributed by atoms with Crippen LogP contribution in [0, 0.1) is 5.41 Å². The zero-order valence-electron chi connectivity index (χ0n) is 12.0. The van der Waals surface area contributed by atoms with Gasteiger partial charge in [-0.25, -0.2) is 4.98 Å². The van der Waals surface area contributed by atoms with Crippen molar-refractivity contribution in [3.8, 4) is 0 Å². The molecule has 0 fully saturated rings. The minimum Gasteiger partial charge on any atom is -0.333 e. The highest BCUT2D eigenvalue weighted by atomic mass is 15.1. The smallest absolute Gasteiger partial charge is 0.0948 e. The van der Waals surface area contributed by atoms with Crippen molar-refractivity contribution >= 4 is 0 Å². The van der Waals surface area contributed by atoms with Gasteiger partial charge in [0.15, 0.2) is 0 Å². The van der Waals surface area contributed by atoms with Crippen molar-refractivity contribution in [2.75, 3.05) is 0 Å². The van der Waals surface area contributed by atoms with Crippen molar-refractivity contribution in [3.05, 3.63) is 18.2 Å². The molecule has 0 aliphatic rings. The van der Waals surface area contributed by atoms with Gasteiger partial charge in [0.25, 0.3) is 0 Å². The van der Waals surface area contributed by atoms with Crippen LogP contribution in [-0.2, 0) is 13.0 Å². The van der Waals surface area contributed by atoms with Crippen LogP contribution in [0.25, 0.3) is 0 Å². The van der Waals surface area contributed by atoms with Crippen molar-refractivity contribution in [1.82, 2.24) is 9.55 Å². The van der Waals surface area contributed by atoms with Crippen molar-refractivity contribution in [2.45, 2.75) is 66.0 Å². The molecule has 0 bridgehead atoms.